The number of carbonyl (C=O) groups excluding carboxylic acids is 2. The summed E-state index contributed by atoms with van der Waals surface area (Å²) in [6.45, 7) is -0.205. The molecule has 1 aliphatic heterocycles. The summed E-state index contributed by atoms with van der Waals surface area (Å²) in [6, 6.07) is 2.94. The molecule has 1 aromatic rings. The summed E-state index contributed by atoms with van der Waals surface area (Å²) < 4.78 is 49.4. The molecule has 146 valence electrons. The lowest BCUT2D eigenvalue weighted by atomic mass is 10.0. The maximum absolute atomic E-state index is 13.3. The number of allylic oxidation sites excluding steroid dienone is 2. The summed E-state index contributed by atoms with van der Waals surface area (Å²) in [5, 5.41) is 0.181. The van der Waals surface area contributed by atoms with Gasteiger partial charge in [-0.2, -0.15) is 13.2 Å². The van der Waals surface area contributed by atoms with Crippen LogP contribution in [0.2, 0.25) is 5.15 Å². The van der Waals surface area contributed by atoms with Crippen LogP contribution in [0.3, 0.4) is 0 Å². The first-order chi connectivity index (χ1) is 12.5. The molecule has 27 heavy (non-hydrogen) atoms. The first kappa shape index (κ1) is 20.4. The SMILES string of the molecule is NC(=O)OC1=CC=CN(Cc2ccc(Cl)nc2)C1(CC(F)(F)F)OC(N)=O. The molecule has 0 radical (unpaired) electrons. The Morgan fingerprint density at radius 1 is 1.26 bits per heavy atom. The van der Waals surface area contributed by atoms with Crippen molar-refractivity contribution in [2.45, 2.75) is 24.9 Å². The molecule has 1 unspecified atom stereocenters. The van der Waals surface area contributed by atoms with Gasteiger partial charge in [0.1, 0.15) is 11.6 Å². The molecular weight excluding hydrogens is 393 g/mol. The summed E-state index contributed by atoms with van der Waals surface area (Å²) in [5.41, 5.74) is 7.78. The number of primary amides is 2. The van der Waals surface area contributed by atoms with Crippen molar-refractivity contribution in [3.63, 3.8) is 0 Å². The van der Waals surface area contributed by atoms with Gasteiger partial charge in [0.15, 0.2) is 5.76 Å². The van der Waals surface area contributed by atoms with Crippen LogP contribution in [0.1, 0.15) is 12.0 Å². The Balaban J connectivity index is 2.50. The quantitative estimate of drug-likeness (QED) is 0.725. The van der Waals surface area contributed by atoms with E-state index in [0.29, 0.717) is 5.56 Å². The molecule has 1 aromatic heterocycles. The number of carbonyl (C=O) groups is 2. The van der Waals surface area contributed by atoms with E-state index in [-0.39, 0.29) is 11.7 Å². The van der Waals surface area contributed by atoms with Gasteiger partial charge in [0.05, 0.1) is 0 Å². The van der Waals surface area contributed by atoms with Crippen molar-refractivity contribution in [2.24, 2.45) is 11.5 Å². The van der Waals surface area contributed by atoms with Crippen LogP contribution in [0, 0.1) is 0 Å². The highest BCUT2D eigenvalue weighted by Gasteiger charge is 2.54. The fourth-order valence-corrected chi connectivity index (χ4v) is 2.61. The highest BCUT2D eigenvalue weighted by molar-refractivity contribution is 6.29. The van der Waals surface area contributed by atoms with Gasteiger partial charge in [-0.25, -0.2) is 14.6 Å². The Morgan fingerprint density at radius 2 is 1.96 bits per heavy atom. The molecule has 0 spiro atoms. The van der Waals surface area contributed by atoms with Gasteiger partial charge in [0.2, 0.25) is 0 Å². The average Bonchev–Trinajstić information content (AvgIpc) is 2.51. The molecule has 2 amide bonds. The molecule has 8 nitrogen and oxygen atoms in total. The molecule has 0 fully saturated rings. The Kier molecular flexibility index (Phi) is 5.84. The first-order valence-electron chi connectivity index (χ1n) is 7.30. The summed E-state index contributed by atoms with van der Waals surface area (Å²) in [4.78, 5) is 27.4. The summed E-state index contributed by atoms with van der Waals surface area (Å²) in [7, 11) is 0. The number of alkyl halides is 3. The molecule has 4 N–H and O–H groups in total. The topological polar surface area (TPSA) is 121 Å². The molecule has 2 heterocycles. The van der Waals surface area contributed by atoms with Crippen LogP contribution in [0.5, 0.6) is 0 Å². The average molecular weight is 407 g/mol. The van der Waals surface area contributed by atoms with Gasteiger partial charge in [0.25, 0.3) is 5.72 Å². The lowest BCUT2D eigenvalue weighted by Crippen LogP contribution is -2.55. The summed E-state index contributed by atoms with van der Waals surface area (Å²) in [6.07, 6.45) is -4.57. The fraction of sp³-hybridized carbons (Fsp3) is 0.267. The zero-order valence-corrected chi connectivity index (χ0v) is 14.3. The van der Waals surface area contributed by atoms with Gasteiger partial charge in [0, 0.05) is 18.9 Å². The van der Waals surface area contributed by atoms with E-state index in [1.807, 2.05) is 0 Å². The van der Waals surface area contributed by atoms with Gasteiger partial charge >= 0.3 is 18.4 Å². The second-order valence-electron chi connectivity index (χ2n) is 5.41. The Hall–Kier alpha value is -2.95. The third-order valence-electron chi connectivity index (χ3n) is 3.42. The second kappa shape index (κ2) is 7.74. The molecule has 2 rings (SSSR count). The van der Waals surface area contributed by atoms with Crippen LogP contribution in [-0.4, -0.2) is 34.0 Å². The van der Waals surface area contributed by atoms with Gasteiger partial charge in [-0.1, -0.05) is 17.7 Å². The number of rotatable bonds is 5. The van der Waals surface area contributed by atoms with Gasteiger partial charge < -0.3 is 25.8 Å². The van der Waals surface area contributed by atoms with Crippen LogP contribution in [0.4, 0.5) is 22.8 Å². The van der Waals surface area contributed by atoms with Crippen LogP contribution in [-0.2, 0) is 16.0 Å². The minimum Gasteiger partial charge on any atom is -0.415 e. The van der Waals surface area contributed by atoms with Crippen molar-refractivity contribution < 1.29 is 32.2 Å². The lowest BCUT2D eigenvalue weighted by Gasteiger charge is -2.44. The maximum atomic E-state index is 13.3. The van der Waals surface area contributed by atoms with Crippen LogP contribution < -0.4 is 11.5 Å². The summed E-state index contributed by atoms with van der Waals surface area (Å²) >= 11 is 5.69. The maximum Gasteiger partial charge on any atom is 0.409 e. The van der Waals surface area contributed by atoms with Crippen LogP contribution in [0.15, 0.2) is 42.4 Å². The van der Waals surface area contributed by atoms with E-state index in [2.05, 4.69) is 9.72 Å². The number of hydrogen-bond donors (Lipinski definition) is 2. The molecule has 0 aliphatic carbocycles. The molecule has 0 bridgehead atoms. The number of nitrogens with zero attached hydrogens (tertiary/aromatic N) is 2. The number of halogens is 4. The molecule has 1 atom stereocenters. The van der Waals surface area contributed by atoms with E-state index in [0.717, 1.165) is 11.0 Å². The zero-order valence-electron chi connectivity index (χ0n) is 13.6. The number of ether oxygens (including phenoxy) is 2. The predicted molar refractivity (Wildman–Crippen MR) is 86.8 cm³/mol. The fourth-order valence-electron chi connectivity index (χ4n) is 2.50. The minimum absolute atomic E-state index is 0.181. The third kappa shape index (κ3) is 5.26. The first-order valence-corrected chi connectivity index (χ1v) is 7.68. The lowest BCUT2D eigenvalue weighted by molar-refractivity contribution is -0.205. The standard InChI is InChI=1S/C15H14ClF3N4O4/c16-11-4-3-9(6-22-11)7-23-5-1-2-10(26-12(20)24)14(23,27-13(21)25)8-15(17,18)19/h1-6H,7-8H2,(H2,20,24)(H2,21,25). The van der Waals surface area contributed by atoms with E-state index >= 15 is 0 Å². The van der Waals surface area contributed by atoms with Crippen molar-refractivity contribution >= 4 is 23.8 Å². The largest absolute Gasteiger partial charge is 0.415 e. The van der Waals surface area contributed by atoms with E-state index in [9.17, 15) is 22.8 Å². The van der Waals surface area contributed by atoms with Crippen molar-refractivity contribution in [1.82, 2.24) is 9.88 Å². The number of hydrogen-bond acceptors (Lipinski definition) is 6. The Labute approximate surface area is 156 Å². The summed E-state index contributed by atoms with van der Waals surface area (Å²) in [5.74, 6) is -0.643. The van der Waals surface area contributed by atoms with E-state index in [1.54, 1.807) is 0 Å². The second-order valence-corrected chi connectivity index (χ2v) is 5.80. The van der Waals surface area contributed by atoms with Crippen molar-refractivity contribution in [2.75, 3.05) is 0 Å². The van der Waals surface area contributed by atoms with E-state index in [4.69, 9.17) is 27.8 Å². The van der Waals surface area contributed by atoms with Crippen molar-refractivity contribution in [3.8, 4) is 0 Å². The molecular formula is C15H14ClF3N4O4. The molecule has 12 heteroatoms. The van der Waals surface area contributed by atoms with Gasteiger partial charge in [-0.05, 0) is 23.8 Å². The van der Waals surface area contributed by atoms with E-state index in [1.165, 1.54) is 30.6 Å². The number of pyridine rings is 1. The van der Waals surface area contributed by atoms with Crippen molar-refractivity contribution in [1.29, 1.82) is 0 Å². The van der Waals surface area contributed by atoms with Gasteiger partial charge in [-0.15, -0.1) is 0 Å². The molecule has 0 saturated heterocycles. The van der Waals surface area contributed by atoms with E-state index < -0.39 is 36.3 Å². The highest BCUT2D eigenvalue weighted by atomic mass is 35.5. The number of nitrogens with two attached hydrogens (primary N) is 2. The normalized spacial score (nSPS) is 19.4. The predicted octanol–water partition coefficient (Wildman–Crippen LogP) is 2.79. The molecule has 0 saturated carbocycles. The molecule has 1 aliphatic rings. The monoisotopic (exact) mass is 406 g/mol. The Morgan fingerprint density at radius 3 is 2.48 bits per heavy atom. The van der Waals surface area contributed by atoms with Crippen LogP contribution in [0.25, 0.3) is 0 Å². The van der Waals surface area contributed by atoms with Crippen LogP contribution >= 0.6 is 11.6 Å². The Bertz CT molecular complexity index is 782. The third-order valence-corrected chi connectivity index (χ3v) is 3.65. The smallest absolute Gasteiger partial charge is 0.409 e. The number of aromatic nitrogens is 1. The number of amides is 2. The minimum atomic E-state index is -4.82. The van der Waals surface area contributed by atoms with Crippen molar-refractivity contribution in [3.05, 3.63) is 53.2 Å². The highest BCUT2D eigenvalue weighted by Crippen LogP contribution is 2.41. The zero-order chi connectivity index (χ0) is 20.2. The van der Waals surface area contributed by atoms with Gasteiger partial charge in [-0.3, -0.25) is 0 Å². The molecule has 0 aromatic carbocycles.